The van der Waals surface area contributed by atoms with Gasteiger partial charge in [0.1, 0.15) is 0 Å². The molecule has 6 heteroatoms. The molecule has 0 bridgehead atoms. The Morgan fingerprint density at radius 2 is 1.96 bits per heavy atom. The molecule has 1 N–H and O–H groups in total. The molecule has 2 aromatic carbocycles. The lowest BCUT2D eigenvalue weighted by molar-refractivity contribution is 0.0697. The summed E-state index contributed by atoms with van der Waals surface area (Å²) in [6, 6.07) is 15.4. The van der Waals surface area contributed by atoms with Gasteiger partial charge in [-0.05, 0) is 49.1 Å². The number of likely N-dealkylation sites (tertiary alicyclic amines) is 1. The van der Waals surface area contributed by atoms with Crippen LogP contribution in [0.3, 0.4) is 0 Å². The zero-order valence-corrected chi connectivity index (χ0v) is 15.8. The van der Waals surface area contributed by atoms with Crippen molar-refractivity contribution in [3.05, 3.63) is 71.4 Å². The monoisotopic (exact) mass is 377 g/mol. The summed E-state index contributed by atoms with van der Waals surface area (Å²) in [5, 5.41) is 13.4. The quantitative estimate of drug-likeness (QED) is 0.707. The van der Waals surface area contributed by atoms with E-state index >= 15 is 0 Å². The van der Waals surface area contributed by atoms with Gasteiger partial charge in [-0.1, -0.05) is 54.0 Å². The maximum Gasteiger partial charge on any atom is 0.336 e. The largest absolute Gasteiger partial charge is 0.478 e. The number of carboxylic acids is 1. The predicted octanol–water partition coefficient (Wildman–Crippen LogP) is 4.47. The Kier molecular flexibility index (Phi) is 5.21. The number of rotatable bonds is 5. The summed E-state index contributed by atoms with van der Waals surface area (Å²) < 4.78 is 5.43. The smallest absolute Gasteiger partial charge is 0.336 e. The fourth-order valence-corrected chi connectivity index (χ4v) is 3.85. The number of aromatic nitrogens is 2. The van der Waals surface area contributed by atoms with Crippen LogP contribution in [0.4, 0.5) is 0 Å². The van der Waals surface area contributed by atoms with Gasteiger partial charge in [0, 0.05) is 6.54 Å². The first-order chi connectivity index (χ1) is 13.6. The highest BCUT2D eigenvalue weighted by atomic mass is 16.5. The molecular formula is C22H23N3O3. The van der Waals surface area contributed by atoms with Crippen LogP contribution in [0, 0.1) is 6.92 Å². The van der Waals surface area contributed by atoms with Crippen LogP contribution in [-0.2, 0) is 6.54 Å². The molecule has 2 heterocycles. The van der Waals surface area contributed by atoms with Crippen molar-refractivity contribution in [2.24, 2.45) is 0 Å². The molecule has 6 nitrogen and oxygen atoms in total. The molecule has 0 radical (unpaired) electrons. The Balaban J connectivity index is 1.53. The van der Waals surface area contributed by atoms with E-state index in [0.717, 1.165) is 43.5 Å². The van der Waals surface area contributed by atoms with E-state index in [1.54, 1.807) is 12.1 Å². The van der Waals surface area contributed by atoms with Gasteiger partial charge in [0.2, 0.25) is 5.89 Å². The lowest BCUT2D eigenvalue weighted by Gasteiger charge is -2.33. The molecule has 1 saturated heterocycles. The lowest BCUT2D eigenvalue weighted by Crippen LogP contribution is -2.33. The average molecular weight is 377 g/mol. The normalized spacial score (nSPS) is 17.5. The van der Waals surface area contributed by atoms with E-state index in [9.17, 15) is 9.90 Å². The standard InChI is InChI=1S/C22H23N3O3/c1-15-23-21(28-24-15)20-8-4-5-13-25(20)14-16-9-11-17(12-10-16)18-6-2-3-7-19(18)22(26)27/h2-3,6-7,9-12,20H,4-5,8,13-14H2,1H3,(H,26,27)/t20-/m1/s1. The van der Waals surface area contributed by atoms with Crippen LogP contribution in [0.25, 0.3) is 11.1 Å². The van der Waals surface area contributed by atoms with Crippen LogP contribution in [0.1, 0.15) is 52.9 Å². The molecular weight excluding hydrogens is 354 g/mol. The van der Waals surface area contributed by atoms with Gasteiger partial charge < -0.3 is 9.63 Å². The van der Waals surface area contributed by atoms with Gasteiger partial charge in [0.05, 0.1) is 11.6 Å². The van der Waals surface area contributed by atoms with Crippen LogP contribution in [-0.4, -0.2) is 32.7 Å². The molecule has 4 rings (SSSR count). The first-order valence-corrected chi connectivity index (χ1v) is 9.58. The van der Waals surface area contributed by atoms with E-state index in [-0.39, 0.29) is 6.04 Å². The number of piperidine rings is 1. The van der Waals surface area contributed by atoms with Crippen molar-refractivity contribution >= 4 is 5.97 Å². The van der Waals surface area contributed by atoms with Crippen molar-refractivity contribution in [1.82, 2.24) is 15.0 Å². The summed E-state index contributed by atoms with van der Waals surface area (Å²) in [5.74, 6) is 0.455. The van der Waals surface area contributed by atoms with Crippen molar-refractivity contribution < 1.29 is 14.4 Å². The van der Waals surface area contributed by atoms with Gasteiger partial charge in [-0.25, -0.2) is 4.79 Å². The van der Waals surface area contributed by atoms with Crippen LogP contribution in [0.2, 0.25) is 0 Å². The number of nitrogens with zero attached hydrogens (tertiary/aromatic N) is 3. The van der Waals surface area contributed by atoms with Gasteiger partial charge in [-0.15, -0.1) is 0 Å². The zero-order valence-electron chi connectivity index (χ0n) is 15.8. The summed E-state index contributed by atoms with van der Waals surface area (Å²) in [6.07, 6.45) is 3.34. The minimum absolute atomic E-state index is 0.155. The number of carbonyl (C=O) groups is 1. The third kappa shape index (κ3) is 3.82. The number of benzene rings is 2. The maximum absolute atomic E-state index is 11.5. The highest BCUT2D eigenvalue weighted by Gasteiger charge is 2.28. The second-order valence-corrected chi connectivity index (χ2v) is 7.21. The second-order valence-electron chi connectivity index (χ2n) is 7.21. The van der Waals surface area contributed by atoms with Crippen molar-refractivity contribution in [2.45, 2.75) is 38.8 Å². The molecule has 1 fully saturated rings. The molecule has 0 aliphatic carbocycles. The van der Waals surface area contributed by atoms with Crippen LogP contribution < -0.4 is 0 Å². The van der Waals surface area contributed by atoms with Gasteiger partial charge in [0.15, 0.2) is 5.82 Å². The summed E-state index contributed by atoms with van der Waals surface area (Å²) in [6.45, 7) is 3.64. The van der Waals surface area contributed by atoms with E-state index < -0.39 is 5.97 Å². The molecule has 0 unspecified atom stereocenters. The van der Waals surface area contributed by atoms with Crippen molar-refractivity contribution in [1.29, 1.82) is 0 Å². The van der Waals surface area contributed by atoms with Crippen molar-refractivity contribution in [3.8, 4) is 11.1 Å². The summed E-state index contributed by atoms with van der Waals surface area (Å²) in [7, 11) is 0. The Labute approximate surface area is 163 Å². The summed E-state index contributed by atoms with van der Waals surface area (Å²) in [4.78, 5) is 18.3. The minimum Gasteiger partial charge on any atom is -0.478 e. The second kappa shape index (κ2) is 7.94. The number of hydrogen-bond donors (Lipinski definition) is 1. The Morgan fingerprint density at radius 1 is 1.18 bits per heavy atom. The first-order valence-electron chi connectivity index (χ1n) is 9.58. The minimum atomic E-state index is -0.911. The molecule has 1 aliphatic rings. The van der Waals surface area contributed by atoms with E-state index in [2.05, 4.69) is 27.2 Å². The Bertz CT molecular complexity index is 965. The van der Waals surface area contributed by atoms with Crippen LogP contribution in [0.5, 0.6) is 0 Å². The van der Waals surface area contributed by atoms with Gasteiger partial charge >= 0.3 is 5.97 Å². The van der Waals surface area contributed by atoms with Crippen LogP contribution >= 0.6 is 0 Å². The molecule has 0 saturated carbocycles. The SMILES string of the molecule is Cc1noc([C@H]2CCCCN2Cc2ccc(-c3ccccc3C(=O)O)cc2)n1. The number of carboxylic acid groups (broad SMARTS) is 1. The maximum atomic E-state index is 11.5. The highest BCUT2D eigenvalue weighted by molar-refractivity contribution is 5.95. The predicted molar refractivity (Wildman–Crippen MR) is 105 cm³/mol. The zero-order chi connectivity index (χ0) is 19.5. The van der Waals surface area contributed by atoms with Crippen LogP contribution in [0.15, 0.2) is 53.1 Å². The summed E-state index contributed by atoms with van der Waals surface area (Å²) in [5.41, 5.74) is 3.14. The Hall–Kier alpha value is -2.99. The van der Waals surface area contributed by atoms with Crippen molar-refractivity contribution in [3.63, 3.8) is 0 Å². The molecule has 1 atom stereocenters. The first kappa shape index (κ1) is 18.4. The Morgan fingerprint density at radius 3 is 2.68 bits per heavy atom. The lowest BCUT2D eigenvalue weighted by atomic mass is 9.97. The molecule has 144 valence electrons. The fraction of sp³-hybridized carbons (Fsp3) is 0.318. The number of aromatic carboxylic acids is 1. The average Bonchev–Trinajstić information content (AvgIpc) is 3.15. The fourth-order valence-electron chi connectivity index (χ4n) is 3.85. The third-order valence-electron chi connectivity index (χ3n) is 5.25. The van der Waals surface area contributed by atoms with E-state index in [0.29, 0.717) is 17.3 Å². The molecule has 3 aromatic rings. The van der Waals surface area contributed by atoms with Gasteiger partial charge in [-0.3, -0.25) is 4.90 Å². The topological polar surface area (TPSA) is 79.5 Å². The van der Waals surface area contributed by atoms with Gasteiger partial charge in [0.25, 0.3) is 0 Å². The number of aryl methyl sites for hydroxylation is 1. The third-order valence-corrected chi connectivity index (χ3v) is 5.25. The summed E-state index contributed by atoms with van der Waals surface area (Å²) >= 11 is 0. The number of hydrogen-bond acceptors (Lipinski definition) is 5. The molecule has 0 spiro atoms. The molecule has 1 aromatic heterocycles. The molecule has 1 aliphatic heterocycles. The molecule has 28 heavy (non-hydrogen) atoms. The van der Waals surface area contributed by atoms with Gasteiger partial charge in [-0.2, -0.15) is 4.98 Å². The van der Waals surface area contributed by atoms with Crippen molar-refractivity contribution in [2.75, 3.05) is 6.54 Å². The van der Waals surface area contributed by atoms with E-state index in [1.165, 1.54) is 5.56 Å². The van der Waals surface area contributed by atoms with E-state index in [1.807, 2.05) is 31.2 Å². The highest BCUT2D eigenvalue weighted by Crippen LogP contribution is 2.32. The molecule has 0 amide bonds. The van der Waals surface area contributed by atoms with E-state index in [4.69, 9.17) is 4.52 Å².